The van der Waals surface area contributed by atoms with Gasteiger partial charge in [-0.15, -0.1) is 0 Å². The summed E-state index contributed by atoms with van der Waals surface area (Å²) < 4.78 is 7.47. The summed E-state index contributed by atoms with van der Waals surface area (Å²) in [5.74, 6) is 0.737. The summed E-state index contributed by atoms with van der Waals surface area (Å²) >= 11 is 1.75. The van der Waals surface area contributed by atoms with Crippen LogP contribution in [-0.2, 0) is 4.74 Å². The van der Waals surface area contributed by atoms with Gasteiger partial charge in [0.2, 0.25) is 0 Å². The molecule has 6 heteroatoms. The fourth-order valence-electron chi connectivity index (χ4n) is 4.02. The monoisotopic (exact) mass is 359 g/mol. The van der Waals surface area contributed by atoms with Crippen LogP contribution in [-0.4, -0.2) is 46.9 Å². The molecule has 0 aromatic carbocycles. The van der Waals surface area contributed by atoms with Crippen molar-refractivity contribution in [1.82, 2.24) is 14.7 Å². The first-order valence-corrected chi connectivity index (χ1v) is 10.1. The van der Waals surface area contributed by atoms with E-state index >= 15 is 0 Å². The average molecular weight is 359 g/mol. The highest BCUT2D eigenvalue weighted by Gasteiger charge is 2.28. The summed E-state index contributed by atoms with van der Waals surface area (Å²) in [7, 11) is 0. The van der Waals surface area contributed by atoms with Crippen LogP contribution in [0.2, 0.25) is 0 Å². The van der Waals surface area contributed by atoms with Gasteiger partial charge in [-0.2, -0.15) is 16.4 Å². The molecule has 0 radical (unpaired) electrons. The maximum absolute atomic E-state index is 13.0. The van der Waals surface area contributed by atoms with Gasteiger partial charge in [0.25, 0.3) is 5.91 Å². The maximum atomic E-state index is 13.0. The van der Waals surface area contributed by atoms with Crippen molar-refractivity contribution < 1.29 is 9.53 Å². The van der Waals surface area contributed by atoms with Gasteiger partial charge in [-0.25, -0.2) is 0 Å². The third-order valence-corrected chi connectivity index (χ3v) is 6.31. The molecule has 134 valence electrons. The molecule has 4 heterocycles. The second-order valence-electron chi connectivity index (χ2n) is 7.05. The molecular weight excluding hydrogens is 334 g/mol. The molecule has 0 atom stereocenters. The molecule has 2 aliphatic rings. The standard InChI is InChI=1S/C19H25N3O2S/c1-14-18(12-20-22(14)17-4-9-24-10-5-17)19(23)21-7-2-15(3-8-21)16-6-11-25-13-16/h6,11-13,15,17H,2-5,7-10H2,1H3. The Kier molecular flexibility index (Phi) is 4.90. The first kappa shape index (κ1) is 16.8. The Morgan fingerprint density at radius 3 is 2.68 bits per heavy atom. The van der Waals surface area contributed by atoms with E-state index in [1.165, 1.54) is 5.56 Å². The minimum Gasteiger partial charge on any atom is -0.381 e. The lowest BCUT2D eigenvalue weighted by Crippen LogP contribution is -2.38. The van der Waals surface area contributed by atoms with Crippen LogP contribution >= 0.6 is 11.3 Å². The second-order valence-corrected chi connectivity index (χ2v) is 7.83. The average Bonchev–Trinajstić information content (AvgIpc) is 3.32. The number of hydrogen-bond acceptors (Lipinski definition) is 4. The van der Waals surface area contributed by atoms with Crippen molar-refractivity contribution in [3.8, 4) is 0 Å². The molecule has 2 aromatic heterocycles. The molecule has 0 spiro atoms. The van der Waals surface area contributed by atoms with Gasteiger partial charge in [-0.3, -0.25) is 9.48 Å². The Balaban J connectivity index is 1.42. The number of thiophene rings is 1. The number of rotatable bonds is 3. The van der Waals surface area contributed by atoms with Gasteiger partial charge in [0.1, 0.15) is 0 Å². The number of hydrogen-bond donors (Lipinski definition) is 0. The quantitative estimate of drug-likeness (QED) is 0.841. The van der Waals surface area contributed by atoms with E-state index in [1.54, 1.807) is 17.5 Å². The highest BCUT2D eigenvalue weighted by molar-refractivity contribution is 7.07. The first-order chi connectivity index (χ1) is 12.2. The number of likely N-dealkylation sites (tertiary alicyclic amines) is 1. The van der Waals surface area contributed by atoms with Crippen LogP contribution < -0.4 is 0 Å². The Bertz CT molecular complexity index is 711. The number of aromatic nitrogens is 2. The van der Waals surface area contributed by atoms with Gasteiger partial charge >= 0.3 is 0 Å². The lowest BCUT2D eigenvalue weighted by Gasteiger charge is -2.32. The van der Waals surface area contributed by atoms with Crippen molar-refractivity contribution in [3.05, 3.63) is 39.8 Å². The molecule has 0 unspecified atom stereocenters. The van der Waals surface area contributed by atoms with Crippen LogP contribution in [0.4, 0.5) is 0 Å². The smallest absolute Gasteiger partial charge is 0.257 e. The van der Waals surface area contributed by atoms with Crippen LogP contribution in [0.25, 0.3) is 0 Å². The van der Waals surface area contributed by atoms with Crippen LogP contribution in [0.5, 0.6) is 0 Å². The number of carbonyl (C=O) groups is 1. The van der Waals surface area contributed by atoms with E-state index in [1.807, 2.05) is 16.5 Å². The third kappa shape index (κ3) is 3.37. The summed E-state index contributed by atoms with van der Waals surface area (Å²) in [6.45, 7) is 5.25. The Labute approximate surface area is 152 Å². The van der Waals surface area contributed by atoms with Gasteiger partial charge in [0.05, 0.1) is 17.8 Å². The van der Waals surface area contributed by atoms with Crippen molar-refractivity contribution in [1.29, 1.82) is 0 Å². The molecule has 2 saturated heterocycles. The van der Waals surface area contributed by atoms with Gasteiger partial charge in [0.15, 0.2) is 0 Å². The summed E-state index contributed by atoms with van der Waals surface area (Å²) in [6, 6.07) is 2.58. The zero-order valence-corrected chi connectivity index (χ0v) is 15.5. The number of ether oxygens (including phenoxy) is 1. The fourth-order valence-corrected chi connectivity index (χ4v) is 4.77. The lowest BCUT2D eigenvalue weighted by molar-refractivity contribution is 0.0654. The van der Waals surface area contributed by atoms with E-state index in [0.717, 1.165) is 63.2 Å². The topological polar surface area (TPSA) is 47.4 Å². The van der Waals surface area contributed by atoms with Crippen LogP contribution in [0.15, 0.2) is 23.0 Å². The van der Waals surface area contributed by atoms with Gasteiger partial charge < -0.3 is 9.64 Å². The minimum atomic E-state index is 0.138. The molecule has 2 fully saturated rings. The second kappa shape index (κ2) is 7.30. The number of carbonyl (C=O) groups excluding carboxylic acids is 1. The first-order valence-electron chi connectivity index (χ1n) is 9.17. The zero-order valence-electron chi connectivity index (χ0n) is 14.7. The van der Waals surface area contributed by atoms with Gasteiger partial charge in [0, 0.05) is 32.0 Å². The molecule has 25 heavy (non-hydrogen) atoms. The molecule has 4 rings (SSSR count). The predicted octanol–water partition coefficient (Wildman–Crippen LogP) is 3.62. The molecule has 0 saturated carbocycles. The largest absolute Gasteiger partial charge is 0.381 e. The van der Waals surface area contributed by atoms with E-state index in [-0.39, 0.29) is 5.91 Å². The molecule has 1 amide bonds. The van der Waals surface area contributed by atoms with Crippen LogP contribution in [0.3, 0.4) is 0 Å². The van der Waals surface area contributed by atoms with Crippen molar-refractivity contribution in [2.24, 2.45) is 0 Å². The summed E-state index contributed by atoms with van der Waals surface area (Å²) in [4.78, 5) is 15.0. The van der Waals surface area contributed by atoms with Gasteiger partial charge in [-0.1, -0.05) is 0 Å². The van der Waals surface area contributed by atoms with Crippen molar-refractivity contribution in [3.63, 3.8) is 0 Å². The van der Waals surface area contributed by atoms with E-state index in [9.17, 15) is 4.79 Å². The van der Waals surface area contributed by atoms with Crippen LogP contribution in [0.1, 0.15) is 59.3 Å². The molecule has 0 aliphatic carbocycles. The van der Waals surface area contributed by atoms with Crippen molar-refractivity contribution in [2.45, 2.75) is 44.6 Å². The highest BCUT2D eigenvalue weighted by Crippen LogP contribution is 2.30. The predicted molar refractivity (Wildman–Crippen MR) is 98.3 cm³/mol. The molecule has 2 aliphatic heterocycles. The molecule has 5 nitrogen and oxygen atoms in total. The Hall–Kier alpha value is -1.66. The van der Waals surface area contributed by atoms with E-state index < -0.39 is 0 Å². The Morgan fingerprint density at radius 2 is 2.00 bits per heavy atom. The minimum absolute atomic E-state index is 0.138. The summed E-state index contributed by atoms with van der Waals surface area (Å²) in [5.41, 5.74) is 3.19. The molecular formula is C19H25N3O2S. The number of piperidine rings is 1. The van der Waals surface area contributed by atoms with E-state index in [0.29, 0.717) is 12.0 Å². The van der Waals surface area contributed by atoms with Crippen molar-refractivity contribution in [2.75, 3.05) is 26.3 Å². The maximum Gasteiger partial charge on any atom is 0.257 e. The molecule has 0 bridgehead atoms. The van der Waals surface area contributed by atoms with Crippen LogP contribution in [0, 0.1) is 6.92 Å². The third-order valence-electron chi connectivity index (χ3n) is 5.61. The van der Waals surface area contributed by atoms with Gasteiger partial charge in [-0.05, 0) is 60.9 Å². The van der Waals surface area contributed by atoms with E-state index in [2.05, 4.69) is 21.9 Å². The zero-order chi connectivity index (χ0) is 17.2. The molecule has 0 N–H and O–H groups in total. The SMILES string of the molecule is Cc1c(C(=O)N2CCC(c3ccsc3)CC2)cnn1C1CCOCC1. The van der Waals surface area contributed by atoms with E-state index in [4.69, 9.17) is 4.74 Å². The summed E-state index contributed by atoms with van der Waals surface area (Å²) in [6.07, 6.45) is 5.81. The lowest BCUT2D eigenvalue weighted by atomic mass is 9.91. The Morgan fingerprint density at radius 1 is 1.24 bits per heavy atom. The highest BCUT2D eigenvalue weighted by atomic mass is 32.1. The fraction of sp³-hybridized carbons (Fsp3) is 0.579. The summed E-state index contributed by atoms with van der Waals surface area (Å²) in [5, 5.41) is 8.91. The van der Waals surface area contributed by atoms with Crippen molar-refractivity contribution >= 4 is 17.2 Å². The normalized spacial score (nSPS) is 20.1. The molecule has 2 aromatic rings. The number of amides is 1. The number of nitrogens with zero attached hydrogens (tertiary/aromatic N) is 3.